The van der Waals surface area contributed by atoms with Crippen molar-refractivity contribution in [1.29, 1.82) is 0 Å². The van der Waals surface area contributed by atoms with E-state index in [1.54, 1.807) is 6.92 Å². The predicted molar refractivity (Wildman–Crippen MR) is 123 cm³/mol. The van der Waals surface area contributed by atoms with E-state index in [4.69, 9.17) is 4.74 Å². The summed E-state index contributed by atoms with van der Waals surface area (Å²) in [6.45, 7) is 2.32. The van der Waals surface area contributed by atoms with Gasteiger partial charge in [-0.2, -0.15) is 11.8 Å². The zero-order chi connectivity index (χ0) is 22.7. The Morgan fingerprint density at radius 1 is 1.12 bits per heavy atom. The highest BCUT2D eigenvalue weighted by Gasteiger charge is 2.33. The Kier molecular flexibility index (Phi) is 6.69. The molecule has 0 aromatic heterocycles. The number of hydrogen-bond acceptors (Lipinski definition) is 5. The highest BCUT2D eigenvalue weighted by Crippen LogP contribution is 2.44. The molecule has 2 aromatic rings. The smallest absolute Gasteiger partial charge is 0.407 e. The van der Waals surface area contributed by atoms with Crippen molar-refractivity contribution in [2.75, 3.05) is 24.7 Å². The second-order valence-electron chi connectivity index (χ2n) is 8.09. The van der Waals surface area contributed by atoms with Crippen LogP contribution in [-0.4, -0.2) is 64.7 Å². The summed E-state index contributed by atoms with van der Waals surface area (Å²) in [4.78, 5) is 37.8. The first kappa shape index (κ1) is 22.2. The Balaban J connectivity index is 1.32. The van der Waals surface area contributed by atoms with Gasteiger partial charge in [0, 0.05) is 36.4 Å². The molecule has 2 aliphatic rings. The molecule has 2 amide bonds. The molecule has 1 aliphatic heterocycles. The number of hydrogen-bond donors (Lipinski definition) is 2. The number of rotatable bonds is 6. The average Bonchev–Trinajstić information content (AvgIpc) is 3.11. The van der Waals surface area contributed by atoms with Crippen LogP contribution >= 0.6 is 11.8 Å². The highest BCUT2D eigenvalue weighted by molar-refractivity contribution is 7.99. The molecule has 2 unspecified atom stereocenters. The van der Waals surface area contributed by atoms with E-state index in [0.717, 1.165) is 22.3 Å². The van der Waals surface area contributed by atoms with Gasteiger partial charge in [0.05, 0.1) is 0 Å². The first-order valence-electron chi connectivity index (χ1n) is 10.7. The largest absolute Gasteiger partial charge is 0.480 e. The van der Waals surface area contributed by atoms with Gasteiger partial charge in [0.1, 0.15) is 12.6 Å². The van der Waals surface area contributed by atoms with E-state index in [1.165, 1.54) is 16.7 Å². The van der Waals surface area contributed by atoms with Crippen molar-refractivity contribution < 1.29 is 24.2 Å². The van der Waals surface area contributed by atoms with Crippen LogP contribution in [-0.2, 0) is 14.3 Å². The minimum Gasteiger partial charge on any atom is -0.480 e. The lowest BCUT2D eigenvalue weighted by Gasteiger charge is -2.33. The summed E-state index contributed by atoms with van der Waals surface area (Å²) in [5.74, 6) is -0.210. The van der Waals surface area contributed by atoms with Crippen molar-refractivity contribution >= 4 is 29.7 Å². The van der Waals surface area contributed by atoms with Crippen LogP contribution in [0.2, 0.25) is 0 Å². The van der Waals surface area contributed by atoms with Gasteiger partial charge in [0.2, 0.25) is 5.91 Å². The maximum absolute atomic E-state index is 12.6. The van der Waals surface area contributed by atoms with Gasteiger partial charge in [-0.05, 0) is 29.2 Å². The molecule has 0 spiro atoms. The number of carboxylic acid groups (broad SMARTS) is 1. The normalized spacial score (nSPS) is 18.4. The lowest BCUT2D eigenvalue weighted by atomic mass is 9.98. The Morgan fingerprint density at radius 3 is 2.38 bits per heavy atom. The second-order valence-corrected chi connectivity index (χ2v) is 9.24. The lowest BCUT2D eigenvalue weighted by Crippen LogP contribution is -2.51. The van der Waals surface area contributed by atoms with Crippen LogP contribution in [0.25, 0.3) is 11.1 Å². The van der Waals surface area contributed by atoms with Gasteiger partial charge in [-0.15, -0.1) is 0 Å². The fourth-order valence-electron chi connectivity index (χ4n) is 4.38. The molecule has 1 fully saturated rings. The lowest BCUT2D eigenvalue weighted by molar-refractivity contribution is -0.149. The Labute approximate surface area is 191 Å². The van der Waals surface area contributed by atoms with Crippen molar-refractivity contribution in [2.24, 2.45) is 0 Å². The second kappa shape index (κ2) is 9.65. The first-order chi connectivity index (χ1) is 15.5. The molecule has 0 saturated carbocycles. The number of amides is 2. The van der Waals surface area contributed by atoms with Crippen molar-refractivity contribution in [2.45, 2.75) is 31.3 Å². The highest BCUT2D eigenvalue weighted by atomic mass is 32.2. The van der Waals surface area contributed by atoms with Gasteiger partial charge in [-0.25, -0.2) is 9.59 Å². The third-order valence-corrected chi connectivity index (χ3v) is 6.95. The molecule has 32 heavy (non-hydrogen) atoms. The summed E-state index contributed by atoms with van der Waals surface area (Å²) in [6, 6.07) is 14.9. The van der Waals surface area contributed by atoms with Crippen molar-refractivity contribution in [1.82, 2.24) is 10.2 Å². The number of aliphatic carboxylic acids is 1. The minimum atomic E-state index is -0.998. The van der Waals surface area contributed by atoms with E-state index in [1.807, 2.05) is 24.3 Å². The monoisotopic (exact) mass is 454 g/mol. The maximum Gasteiger partial charge on any atom is 0.407 e. The number of fused-ring (bicyclic) bond motifs is 3. The number of nitrogens with one attached hydrogen (secondary N) is 1. The van der Waals surface area contributed by atoms with E-state index in [-0.39, 0.29) is 24.9 Å². The van der Waals surface area contributed by atoms with E-state index < -0.39 is 24.1 Å². The fraction of sp³-hybridized carbons (Fsp3) is 0.375. The minimum absolute atomic E-state index is 0.0264. The summed E-state index contributed by atoms with van der Waals surface area (Å²) in [5, 5.41) is 12.1. The topological polar surface area (TPSA) is 95.9 Å². The van der Waals surface area contributed by atoms with Gasteiger partial charge in [-0.3, -0.25) is 4.79 Å². The molecule has 168 valence electrons. The number of alkyl carbamates (subject to hydrolysis) is 1. The number of carboxylic acids is 1. The fourth-order valence-corrected chi connectivity index (χ4v) is 5.42. The first-order valence-corrected chi connectivity index (χ1v) is 11.8. The van der Waals surface area contributed by atoms with Gasteiger partial charge in [0.25, 0.3) is 0 Å². The van der Waals surface area contributed by atoms with Crippen LogP contribution in [0.4, 0.5) is 4.79 Å². The summed E-state index contributed by atoms with van der Waals surface area (Å²) < 4.78 is 5.52. The van der Waals surface area contributed by atoms with E-state index in [0.29, 0.717) is 18.1 Å². The molecule has 1 aliphatic carbocycles. The number of carbonyl (C=O) groups excluding carboxylic acids is 2. The Hall–Kier alpha value is -3.00. The number of benzene rings is 2. The number of ether oxygens (including phenoxy) is 1. The van der Waals surface area contributed by atoms with Gasteiger partial charge in [-0.1, -0.05) is 48.5 Å². The van der Waals surface area contributed by atoms with Crippen LogP contribution in [0.15, 0.2) is 48.5 Å². The molecule has 2 atom stereocenters. The van der Waals surface area contributed by atoms with Crippen molar-refractivity contribution in [3.8, 4) is 11.1 Å². The van der Waals surface area contributed by atoms with E-state index in [2.05, 4.69) is 29.6 Å². The summed E-state index contributed by atoms with van der Waals surface area (Å²) in [5.41, 5.74) is 4.58. The molecule has 0 radical (unpaired) electrons. The number of thioether (sulfide) groups is 1. The Bertz CT molecular complexity index is 981. The van der Waals surface area contributed by atoms with Crippen LogP contribution < -0.4 is 5.32 Å². The van der Waals surface area contributed by atoms with E-state index >= 15 is 0 Å². The molecule has 4 rings (SSSR count). The summed E-state index contributed by atoms with van der Waals surface area (Å²) in [7, 11) is 0. The summed E-state index contributed by atoms with van der Waals surface area (Å²) in [6.07, 6.45) is -0.560. The van der Waals surface area contributed by atoms with Gasteiger partial charge < -0.3 is 20.1 Å². The SMILES string of the molecule is CC(CC(=O)N1CCSCC1C(=O)O)NC(=O)OCC1c2ccccc2-c2ccccc21. The third kappa shape index (κ3) is 4.60. The number of nitrogens with zero attached hydrogens (tertiary/aromatic N) is 1. The van der Waals surface area contributed by atoms with Crippen LogP contribution in [0, 0.1) is 0 Å². The molecule has 2 N–H and O–H groups in total. The van der Waals surface area contributed by atoms with Crippen LogP contribution in [0.3, 0.4) is 0 Å². The molecular weight excluding hydrogens is 428 g/mol. The zero-order valence-electron chi connectivity index (χ0n) is 17.8. The van der Waals surface area contributed by atoms with Crippen molar-refractivity contribution in [3.63, 3.8) is 0 Å². The van der Waals surface area contributed by atoms with Crippen LogP contribution in [0.1, 0.15) is 30.4 Å². The zero-order valence-corrected chi connectivity index (χ0v) is 18.6. The molecule has 2 aromatic carbocycles. The molecule has 0 bridgehead atoms. The summed E-state index contributed by atoms with van der Waals surface area (Å²) >= 11 is 1.53. The maximum atomic E-state index is 12.6. The van der Waals surface area contributed by atoms with Gasteiger partial charge >= 0.3 is 12.1 Å². The quantitative estimate of drug-likeness (QED) is 0.695. The third-order valence-electron chi connectivity index (χ3n) is 5.92. The Morgan fingerprint density at radius 2 is 1.75 bits per heavy atom. The molecular formula is C24H26N2O5S. The predicted octanol–water partition coefficient (Wildman–Crippen LogP) is 3.33. The molecule has 8 heteroatoms. The molecule has 1 saturated heterocycles. The van der Waals surface area contributed by atoms with E-state index in [9.17, 15) is 19.5 Å². The van der Waals surface area contributed by atoms with Gasteiger partial charge in [0.15, 0.2) is 0 Å². The molecule has 1 heterocycles. The standard InChI is InChI=1S/C24H26N2O5S/c1-15(12-22(27)26-10-11-32-14-21(26)23(28)29)25-24(30)31-13-20-18-8-4-2-6-16(18)17-7-3-5-9-19(17)20/h2-9,15,20-21H,10-14H2,1H3,(H,25,30)(H,28,29). The molecule has 7 nitrogen and oxygen atoms in total. The van der Waals surface area contributed by atoms with Crippen molar-refractivity contribution in [3.05, 3.63) is 59.7 Å². The number of carbonyl (C=O) groups is 3. The average molecular weight is 455 g/mol. The van der Waals surface area contributed by atoms with Crippen LogP contribution in [0.5, 0.6) is 0 Å².